The number of aryl methyl sites for hydroxylation is 1. The molecule has 1 N–H and O–H groups in total. The maximum Gasteiger partial charge on any atom is 0.495 e. The average Bonchev–Trinajstić information content (AvgIpc) is 3.23. The fourth-order valence-electron chi connectivity index (χ4n) is 3.74. The minimum atomic E-state index is -0.609. The Morgan fingerprint density at radius 1 is 1.31 bits per heavy atom. The molecule has 0 bridgehead atoms. The second-order valence-electron chi connectivity index (χ2n) is 9.01. The van der Waals surface area contributed by atoms with E-state index in [1.165, 1.54) is 4.68 Å². The van der Waals surface area contributed by atoms with Crippen LogP contribution in [0.3, 0.4) is 0 Å². The number of nitrogens with one attached hydrogen (secondary N) is 1. The molecule has 1 aromatic heterocycles. The molecule has 0 unspecified atom stereocenters. The molecule has 2 aliphatic heterocycles. The molecule has 0 radical (unpaired) electrons. The third kappa shape index (κ3) is 3.40. The molecule has 2 aliphatic rings. The van der Waals surface area contributed by atoms with Crippen molar-refractivity contribution in [2.45, 2.75) is 58.3 Å². The van der Waals surface area contributed by atoms with Crippen LogP contribution in [0.25, 0.3) is 10.9 Å². The molecule has 2 saturated heterocycles. The van der Waals surface area contributed by atoms with Gasteiger partial charge in [0, 0.05) is 25.9 Å². The van der Waals surface area contributed by atoms with E-state index in [1.54, 1.807) is 19.2 Å². The Bertz CT molecular complexity index is 958. The highest BCUT2D eigenvalue weighted by molar-refractivity contribution is 6.62. The lowest BCUT2D eigenvalue weighted by Crippen LogP contribution is -2.41. The molecular formula is C20H27BFN3O4. The number of hydrogen-bond donors (Lipinski definition) is 1. The summed E-state index contributed by atoms with van der Waals surface area (Å²) in [6.45, 7) is 10.4. The Morgan fingerprint density at radius 3 is 2.55 bits per heavy atom. The molecule has 9 heteroatoms. The lowest BCUT2D eigenvalue weighted by Gasteiger charge is -2.32. The van der Waals surface area contributed by atoms with Crippen molar-refractivity contribution >= 4 is 29.4 Å². The number of aromatic nitrogens is 2. The van der Waals surface area contributed by atoms with E-state index in [2.05, 4.69) is 10.4 Å². The van der Waals surface area contributed by atoms with Crippen LogP contribution in [0.2, 0.25) is 0 Å². The summed E-state index contributed by atoms with van der Waals surface area (Å²) < 4.78 is 34.4. The zero-order chi connectivity index (χ0) is 21.1. The molecule has 1 amide bonds. The molecule has 0 saturated carbocycles. The molecule has 1 aromatic carbocycles. The van der Waals surface area contributed by atoms with Gasteiger partial charge < -0.3 is 19.4 Å². The van der Waals surface area contributed by atoms with Crippen LogP contribution in [0.15, 0.2) is 12.1 Å². The molecule has 0 aliphatic carbocycles. The van der Waals surface area contributed by atoms with Crippen molar-refractivity contribution in [1.82, 2.24) is 15.1 Å². The number of fused-ring (bicyclic) bond motifs is 1. The Morgan fingerprint density at radius 2 is 1.97 bits per heavy atom. The Kier molecular flexibility index (Phi) is 4.66. The van der Waals surface area contributed by atoms with Gasteiger partial charge in [0.2, 0.25) is 11.9 Å². The first-order valence-electron chi connectivity index (χ1n) is 9.93. The van der Waals surface area contributed by atoms with Gasteiger partial charge in [-0.15, -0.1) is 0 Å². The first kappa shape index (κ1) is 20.2. The minimum absolute atomic E-state index is 0.00845. The first-order chi connectivity index (χ1) is 13.5. The smallest absolute Gasteiger partial charge is 0.489 e. The lowest BCUT2D eigenvalue weighted by molar-refractivity contribution is -0.119. The largest absolute Gasteiger partial charge is 0.495 e. The number of carbonyl (C=O) groups is 1. The Balaban J connectivity index is 1.72. The molecular weight excluding hydrogens is 376 g/mol. The molecule has 2 aromatic rings. The van der Waals surface area contributed by atoms with E-state index in [0.29, 0.717) is 29.6 Å². The van der Waals surface area contributed by atoms with Crippen LogP contribution in [-0.4, -0.2) is 46.7 Å². The maximum atomic E-state index is 14.8. The van der Waals surface area contributed by atoms with Crippen LogP contribution < -0.4 is 15.5 Å². The topological polar surface area (TPSA) is 74.6 Å². The standard InChI is InChI=1S/C20H27BFN3O4/c1-11(12-7-16(26)23-10-12)27-15-9-13(8-14-17(15)18(22)25(6)24-14)21-28-19(2,3)20(4,5)29-21/h8-9,11-12H,7,10H2,1-6H3,(H,23,26)/t11-,12-/m1/s1. The number of rotatable bonds is 4. The van der Waals surface area contributed by atoms with E-state index in [0.717, 1.165) is 5.46 Å². The van der Waals surface area contributed by atoms with E-state index in [9.17, 15) is 9.18 Å². The fourth-order valence-corrected chi connectivity index (χ4v) is 3.74. The molecule has 29 heavy (non-hydrogen) atoms. The molecule has 156 valence electrons. The number of halogens is 1. The van der Waals surface area contributed by atoms with Crippen LogP contribution in [0.5, 0.6) is 5.75 Å². The van der Waals surface area contributed by atoms with Crippen LogP contribution in [0, 0.1) is 11.9 Å². The summed E-state index contributed by atoms with van der Waals surface area (Å²) in [5, 5.41) is 7.41. The van der Waals surface area contributed by atoms with Gasteiger partial charge in [-0.3, -0.25) is 4.79 Å². The van der Waals surface area contributed by atoms with Crippen molar-refractivity contribution in [3.63, 3.8) is 0 Å². The normalized spacial score (nSPS) is 24.2. The Hall–Kier alpha value is -2.13. The summed E-state index contributed by atoms with van der Waals surface area (Å²) in [4.78, 5) is 11.6. The fraction of sp³-hybridized carbons (Fsp3) is 0.600. The van der Waals surface area contributed by atoms with E-state index in [4.69, 9.17) is 14.0 Å². The van der Waals surface area contributed by atoms with Crippen molar-refractivity contribution in [2.75, 3.05) is 6.54 Å². The van der Waals surface area contributed by atoms with Crippen molar-refractivity contribution in [3.8, 4) is 5.75 Å². The predicted molar refractivity (Wildman–Crippen MR) is 108 cm³/mol. The third-order valence-corrected chi connectivity index (χ3v) is 6.36. The molecule has 4 rings (SSSR count). The maximum absolute atomic E-state index is 14.8. The monoisotopic (exact) mass is 403 g/mol. The number of carbonyl (C=O) groups excluding carboxylic acids is 1. The molecule has 0 spiro atoms. The Labute approximate surface area is 170 Å². The highest BCUT2D eigenvalue weighted by atomic mass is 19.1. The van der Waals surface area contributed by atoms with Gasteiger partial charge in [0.15, 0.2) is 0 Å². The first-order valence-corrected chi connectivity index (χ1v) is 9.93. The van der Waals surface area contributed by atoms with Crippen LogP contribution in [-0.2, 0) is 21.2 Å². The number of benzene rings is 1. The van der Waals surface area contributed by atoms with E-state index < -0.39 is 24.3 Å². The third-order valence-electron chi connectivity index (χ3n) is 6.36. The molecule has 3 heterocycles. The molecule has 7 nitrogen and oxygen atoms in total. The quantitative estimate of drug-likeness (QED) is 0.790. The van der Waals surface area contributed by atoms with Gasteiger partial charge in [-0.1, -0.05) is 0 Å². The van der Waals surface area contributed by atoms with E-state index in [1.807, 2.05) is 34.6 Å². The number of amides is 1. The summed E-state index contributed by atoms with van der Waals surface area (Å²) in [6, 6.07) is 3.54. The number of ether oxygens (including phenoxy) is 1. The lowest BCUT2D eigenvalue weighted by atomic mass is 9.78. The molecule has 2 atom stereocenters. The predicted octanol–water partition coefficient (Wildman–Crippen LogP) is 1.91. The van der Waals surface area contributed by atoms with Gasteiger partial charge in [0.05, 0.1) is 22.1 Å². The van der Waals surface area contributed by atoms with Crippen molar-refractivity contribution in [2.24, 2.45) is 13.0 Å². The van der Waals surface area contributed by atoms with Gasteiger partial charge in [-0.2, -0.15) is 9.49 Å². The van der Waals surface area contributed by atoms with Crippen LogP contribution in [0.4, 0.5) is 4.39 Å². The second kappa shape index (κ2) is 6.70. The number of nitrogens with zero attached hydrogens (tertiary/aromatic N) is 2. The van der Waals surface area contributed by atoms with Crippen molar-refractivity contribution in [1.29, 1.82) is 0 Å². The summed E-state index contributed by atoms with van der Waals surface area (Å²) in [7, 11) is 0.943. The second-order valence-corrected chi connectivity index (χ2v) is 9.01. The van der Waals surface area contributed by atoms with E-state index in [-0.39, 0.29) is 17.9 Å². The summed E-state index contributed by atoms with van der Waals surface area (Å²) in [6.07, 6.45) is 0.127. The van der Waals surface area contributed by atoms with Gasteiger partial charge in [-0.25, -0.2) is 4.68 Å². The molecule has 2 fully saturated rings. The zero-order valence-electron chi connectivity index (χ0n) is 17.7. The minimum Gasteiger partial charge on any atom is -0.489 e. The highest BCUT2D eigenvalue weighted by Gasteiger charge is 2.52. The summed E-state index contributed by atoms with van der Waals surface area (Å²) in [5.74, 6) is -0.0557. The SMILES string of the molecule is C[C@@H](Oc1cc(B2OC(C)(C)C(C)(C)O2)cc2nn(C)c(F)c12)[C@H]1CNC(=O)C1. The summed E-state index contributed by atoms with van der Waals surface area (Å²) in [5.41, 5.74) is 0.204. The van der Waals surface area contributed by atoms with Gasteiger partial charge >= 0.3 is 7.12 Å². The van der Waals surface area contributed by atoms with Gasteiger partial charge in [-0.05, 0) is 52.2 Å². The van der Waals surface area contributed by atoms with Crippen molar-refractivity contribution < 1.29 is 23.2 Å². The zero-order valence-corrected chi connectivity index (χ0v) is 17.7. The van der Waals surface area contributed by atoms with E-state index >= 15 is 0 Å². The van der Waals surface area contributed by atoms with Crippen LogP contribution in [0.1, 0.15) is 41.0 Å². The highest BCUT2D eigenvalue weighted by Crippen LogP contribution is 2.37. The average molecular weight is 403 g/mol. The number of hydrogen-bond acceptors (Lipinski definition) is 5. The van der Waals surface area contributed by atoms with Gasteiger partial charge in [0.1, 0.15) is 11.9 Å². The van der Waals surface area contributed by atoms with Crippen molar-refractivity contribution in [3.05, 3.63) is 18.1 Å². The summed E-state index contributed by atoms with van der Waals surface area (Å²) >= 11 is 0. The van der Waals surface area contributed by atoms with Crippen LogP contribution >= 0.6 is 0 Å². The van der Waals surface area contributed by atoms with Gasteiger partial charge in [0.25, 0.3) is 0 Å².